The Morgan fingerprint density at radius 2 is 1.90 bits per heavy atom. The maximum Gasteiger partial charge on any atom is 0.231 e. The largest absolute Gasteiger partial charge is 0.339 e. The SMILES string of the molecule is CN(c1ccc(-c2csc(NC(=O)[C@H]3CC(=O)N(C4CCCC4)C3)n2)cc1)S(C)(=O)=O. The van der Waals surface area contributed by atoms with Gasteiger partial charge in [-0.2, -0.15) is 0 Å². The van der Waals surface area contributed by atoms with Crippen molar-refractivity contribution in [1.29, 1.82) is 0 Å². The first kappa shape index (κ1) is 21.8. The van der Waals surface area contributed by atoms with Crippen molar-refractivity contribution < 1.29 is 18.0 Å². The van der Waals surface area contributed by atoms with Crippen LogP contribution in [0.2, 0.25) is 0 Å². The monoisotopic (exact) mass is 462 g/mol. The molecule has 1 atom stereocenters. The highest BCUT2D eigenvalue weighted by atomic mass is 32.2. The van der Waals surface area contributed by atoms with Crippen LogP contribution >= 0.6 is 11.3 Å². The Bertz CT molecular complexity index is 1080. The topological polar surface area (TPSA) is 99.7 Å². The zero-order chi connectivity index (χ0) is 22.2. The Labute approximate surface area is 186 Å². The van der Waals surface area contributed by atoms with Gasteiger partial charge in [0.15, 0.2) is 5.13 Å². The fourth-order valence-corrected chi connectivity index (χ4v) is 5.41. The van der Waals surface area contributed by atoms with E-state index >= 15 is 0 Å². The van der Waals surface area contributed by atoms with E-state index in [0.717, 1.165) is 37.5 Å². The molecule has 10 heteroatoms. The van der Waals surface area contributed by atoms with E-state index in [4.69, 9.17) is 0 Å². The quantitative estimate of drug-likeness (QED) is 0.712. The molecule has 1 saturated heterocycles. The molecule has 1 aromatic carbocycles. The summed E-state index contributed by atoms with van der Waals surface area (Å²) in [5, 5.41) is 5.19. The molecule has 166 valence electrons. The minimum atomic E-state index is -3.32. The van der Waals surface area contributed by atoms with E-state index in [-0.39, 0.29) is 24.2 Å². The normalized spacial score (nSPS) is 19.7. The van der Waals surface area contributed by atoms with Crippen molar-refractivity contribution in [3.8, 4) is 11.3 Å². The van der Waals surface area contributed by atoms with Crippen LogP contribution in [0.15, 0.2) is 29.6 Å². The summed E-state index contributed by atoms with van der Waals surface area (Å²) in [5.74, 6) is -0.433. The van der Waals surface area contributed by atoms with E-state index in [1.165, 1.54) is 22.7 Å². The molecule has 2 fully saturated rings. The standard InChI is InChI=1S/C21H26N4O4S2/c1-24(31(2,28)29)16-9-7-14(8-10-16)18-13-30-21(22-18)23-20(27)15-11-19(26)25(12-15)17-5-3-4-6-17/h7-10,13,15,17H,3-6,11-12H2,1-2H3,(H,22,23,27)/t15-/m0/s1. The fraction of sp³-hybridized carbons (Fsp3) is 0.476. The Morgan fingerprint density at radius 3 is 2.55 bits per heavy atom. The highest BCUT2D eigenvalue weighted by Gasteiger charge is 2.38. The lowest BCUT2D eigenvalue weighted by atomic mass is 10.1. The molecule has 8 nitrogen and oxygen atoms in total. The Balaban J connectivity index is 1.39. The summed E-state index contributed by atoms with van der Waals surface area (Å²) in [6.45, 7) is 0.489. The summed E-state index contributed by atoms with van der Waals surface area (Å²) < 4.78 is 24.5. The van der Waals surface area contributed by atoms with Gasteiger partial charge in [0.1, 0.15) is 0 Å². The minimum Gasteiger partial charge on any atom is -0.339 e. The van der Waals surface area contributed by atoms with Crippen LogP contribution in [0.1, 0.15) is 32.1 Å². The van der Waals surface area contributed by atoms with Gasteiger partial charge in [-0.1, -0.05) is 25.0 Å². The number of amides is 2. The van der Waals surface area contributed by atoms with E-state index in [2.05, 4.69) is 10.3 Å². The smallest absolute Gasteiger partial charge is 0.231 e. The molecular weight excluding hydrogens is 436 g/mol. The molecule has 1 N–H and O–H groups in total. The molecule has 2 amide bonds. The molecule has 4 rings (SSSR count). The number of aromatic nitrogens is 1. The Morgan fingerprint density at radius 1 is 1.23 bits per heavy atom. The summed E-state index contributed by atoms with van der Waals surface area (Å²) in [5.41, 5.74) is 2.09. The van der Waals surface area contributed by atoms with Gasteiger partial charge in [0.2, 0.25) is 21.8 Å². The Kier molecular flexibility index (Phi) is 6.02. The lowest BCUT2D eigenvalue weighted by Crippen LogP contribution is -2.35. The second-order valence-electron chi connectivity index (χ2n) is 8.19. The van der Waals surface area contributed by atoms with E-state index in [1.54, 1.807) is 24.3 Å². The average molecular weight is 463 g/mol. The van der Waals surface area contributed by atoms with Gasteiger partial charge in [0.25, 0.3) is 0 Å². The van der Waals surface area contributed by atoms with Crippen molar-refractivity contribution in [3.05, 3.63) is 29.6 Å². The van der Waals surface area contributed by atoms with Crippen molar-refractivity contribution in [2.24, 2.45) is 5.92 Å². The van der Waals surface area contributed by atoms with Gasteiger partial charge in [-0.3, -0.25) is 13.9 Å². The van der Waals surface area contributed by atoms with E-state index < -0.39 is 10.0 Å². The van der Waals surface area contributed by atoms with Gasteiger partial charge >= 0.3 is 0 Å². The molecule has 1 saturated carbocycles. The van der Waals surface area contributed by atoms with Crippen LogP contribution in [0.4, 0.5) is 10.8 Å². The maximum absolute atomic E-state index is 12.7. The van der Waals surface area contributed by atoms with Crippen molar-refractivity contribution in [2.45, 2.75) is 38.1 Å². The number of carbonyl (C=O) groups is 2. The molecule has 0 unspecified atom stereocenters. The number of hydrogen-bond acceptors (Lipinski definition) is 6. The van der Waals surface area contributed by atoms with Gasteiger partial charge in [-0.05, 0) is 25.0 Å². The van der Waals surface area contributed by atoms with Crippen LogP contribution in [-0.2, 0) is 19.6 Å². The van der Waals surface area contributed by atoms with E-state index in [1.807, 2.05) is 10.3 Å². The predicted molar refractivity (Wildman–Crippen MR) is 122 cm³/mol. The minimum absolute atomic E-state index is 0.0750. The third-order valence-electron chi connectivity index (χ3n) is 6.05. The predicted octanol–water partition coefficient (Wildman–Crippen LogP) is 2.94. The summed E-state index contributed by atoms with van der Waals surface area (Å²) in [7, 11) is -1.82. The molecule has 1 aromatic heterocycles. The summed E-state index contributed by atoms with van der Waals surface area (Å²) in [6.07, 6.45) is 5.79. The second kappa shape index (κ2) is 8.58. The van der Waals surface area contributed by atoms with Crippen LogP contribution < -0.4 is 9.62 Å². The van der Waals surface area contributed by atoms with Crippen LogP contribution in [0.3, 0.4) is 0 Å². The number of carbonyl (C=O) groups excluding carboxylic acids is 2. The highest BCUT2D eigenvalue weighted by Crippen LogP contribution is 2.31. The highest BCUT2D eigenvalue weighted by molar-refractivity contribution is 7.92. The van der Waals surface area contributed by atoms with E-state index in [0.29, 0.717) is 29.1 Å². The maximum atomic E-state index is 12.7. The molecule has 0 bridgehead atoms. The molecule has 0 radical (unpaired) electrons. The molecule has 2 aliphatic rings. The van der Waals surface area contributed by atoms with Gasteiger partial charge in [-0.25, -0.2) is 13.4 Å². The van der Waals surface area contributed by atoms with Crippen LogP contribution in [0.5, 0.6) is 0 Å². The summed E-state index contributed by atoms with van der Waals surface area (Å²) in [6, 6.07) is 7.33. The first-order valence-corrected chi connectivity index (χ1v) is 13.1. The van der Waals surface area contributed by atoms with E-state index in [9.17, 15) is 18.0 Å². The number of sulfonamides is 1. The zero-order valence-electron chi connectivity index (χ0n) is 17.6. The third-order valence-corrected chi connectivity index (χ3v) is 8.02. The first-order valence-electron chi connectivity index (χ1n) is 10.3. The summed E-state index contributed by atoms with van der Waals surface area (Å²) in [4.78, 5) is 31.4. The summed E-state index contributed by atoms with van der Waals surface area (Å²) >= 11 is 1.33. The average Bonchev–Trinajstić information content (AvgIpc) is 3.47. The number of likely N-dealkylation sites (tertiary alicyclic amines) is 1. The Hall–Kier alpha value is -2.46. The number of anilines is 2. The second-order valence-corrected chi connectivity index (χ2v) is 11.1. The molecule has 31 heavy (non-hydrogen) atoms. The van der Waals surface area contributed by atoms with Crippen LogP contribution in [0.25, 0.3) is 11.3 Å². The number of nitrogens with zero attached hydrogens (tertiary/aromatic N) is 3. The van der Waals surface area contributed by atoms with Gasteiger partial charge in [-0.15, -0.1) is 11.3 Å². The molecule has 1 aliphatic heterocycles. The van der Waals surface area contributed by atoms with Crippen LogP contribution in [-0.4, -0.2) is 56.0 Å². The van der Waals surface area contributed by atoms with Crippen molar-refractivity contribution in [3.63, 3.8) is 0 Å². The lowest BCUT2D eigenvalue weighted by Gasteiger charge is -2.23. The zero-order valence-corrected chi connectivity index (χ0v) is 19.2. The van der Waals surface area contributed by atoms with Gasteiger partial charge < -0.3 is 10.2 Å². The number of thiazole rings is 1. The van der Waals surface area contributed by atoms with Crippen molar-refractivity contribution >= 4 is 44.0 Å². The fourth-order valence-electron chi connectivity index (χ4n) is 4.18. The molecular formula is C21H26N4O4S2. The number of hydrogen-bond donors (Lipinski definition) is 1. The molecule has 2 heterocycles. The molecule has 2 aromatic rings. The number of rotatable bonds is 6. The lowest BCUT2D eigenvalue weighted by molar-refractivity contribution is -0.129. The number of nitrogens with one attached hydrogen (secondary N) is 1. The van der Waals surface area contributed by atoms with Gasteiger partial charge in [0, 0.05) is 37.0 Å². The van der Waals surface area contributed by atoms with Crippen molar-refractivity contribution in [1.82, 2.24) is 9.88 Å². The van der Waals surface area contributed by atoms with Crippen molar-refractivity contribution in [2.75, 3.05) is 29.5 Å². The first-order chi connectivity index (χ1) is 14.7. The molecule has 0 spiro atoms. The van der Waals surface area contributed by atoms with Crippen LogP contribution in [0, 0.1) is 5.92 Å². The van der Waals surface area contributed by atoms with Gasteiger partial charge in [0.05, 0.1) is 23.6 Å². The number of benzene rings is 1. The molecule has 1 aliphatic carbocycles. The third kappa shape index (κ3) is 4.74.